The first-order valence-electron chi connectivity index (χ1n) is 12.9. The molecule has 0 spiro atoms. The Labute approximate surface area is 250 Å². The number of nitrogens with two attached hydrogens (primary N) is 2. The van der Waals surface area contributed by atoms with E-state index in [4.69, 9.17) is 34.5 Å². The maximum absolute atomic E-state index is 13.2. The summed E-state index contributed by atoms with van der Waals surface area (Å²) in [6.07, 6.45) is -6.10. The zero-order valence-corrected chi connectivity index (χ0v) is 24.6. The summed E-state index contributed by atoms with van der Waals surface area (Å²) in [5.74, 6) is -0.191. The van der Waals surface area contributed by atoms with Gasteiger partial charge in [0.25, 0.3) is 5.56 Å². The highest BCUT2D eigenvalue weighted by Crippen LogP contribution is 2.51. The highest BCUT2D eigenvalue weighted by molar-refractivity contribution is 7.47. The number of rotatable bonds is 10. The summed E-state index contributed by atoms with van der Waals surface area (Å²) < 4.78 is 54.5. The highest BCUT2D eigenvalue weighted by Gasteiger charge is 2.49. The third-order valence-electron chi connectivity index (χ3n) is 7.09. The lowest BCUT2D eigenvalue weighted by Crippen LogP contribution is -2.35. The zero-order chi connectivity index (χ0) is 32.2. The van der Waals surface area contributed by atoms with Crippen molar-refractivity contribution in [3.05, 3.63) is 41.5 Å². The quantitative estimate of drug-likeness (QED) is 0.0714. The highest BCUT2D eigenvalue weighted by atomic mass is 31.2. The summed E-state index contributed by atoms with van der Waals surface area (Å²) in [5.41, 5.74) is 11.1. The topological polar surface area (TPSA) is 320 Å². The molecule has 6 heterocycles. The molecule has 2 aliphatic rings. The Morgan fingerprint density at radius 2 is 1.82 bits per heavy atom. The second kappa shape index (κ2) is 11.9. The van der Waals surface area contributed by atoms with Crippen molar-refractivity contribution in [1.82, 2.24) is 39.0 Å². The van der Waals surface area contributed by atoms with Crippen molar-refractivity contribution < 1.29 is 52.2 Å². The van der Waals surface area contributed by atoms with Crippen LogP contribution in [0.2, 0.25) is 0 Å². The van der Waals surface area contributed by atoms with Gasteiger partial charge in [-0.05, 0) is 5.57 Å². The second-order valence-corrected chi connectivity index (χ2v) is 12.0. The number of hydrogen-bond donors (Lipinski definition) is 7. The number of anilines is 2. The van der Waals surface area contributed by atoms with Gasteiger partial charge in [0, 0.05) is 0 Å². The molecule has 4 aromatic heterocycles. The molecule has 2 saturated heterocycles. The van der Waals surface area contributed by atoms with E-state index in [2.05, 4.69) is 36.5 Å². The van der Waals surface area contributed by atoms with Gasteiger partial charge >= 0.3 is 16.1 Å². The van der Waals surface area contributed by atoms with Crippen molar-refractivity contribution in [3.63, 3.8) is 0 Å². The Bertz CT molecular complexity index is 1900. The molecular weight excluding hydrogens is 646 g/mol. The molecule has 0 aliphatic carbocycles. The first-order valence-corrected chi connectivity index (χ1v) is 15.6. The summed E-state index contributed by atoms with van der Waals surface area (Å²) in [4.78, 5) is 54.7. The van der Waals surface area contributed by atoms with E-state index in [0.29, 0.717) is 0 Å². The van der Waals surface area contributed by atoms with Gasteiger partial charge in [-0.15, -0.1) is 0 Å². The number of H-pyrrole nitrogens is 1. The number of hydrogen-bond acceptors (Lipinski definition) is 17. The van der Waals surface area contributed by atoms with Crippen LogP contribution in [0.3, 0.4) is 0 Å². The molecule has 0 amide bonds. The van der Waals surface area contributed by atoms with Crippen LogP contribution in [0.15, 0.2) is 35.9 Å². The monoisotopic (exact) mass is 672 g/mol. The maximum Gasteiger partial charge on any atom is 0.473 e. The smallest absolute Gasteiger partial charge is 0.393 e. The largest absolute Gasteiger partial charge is 0.473 e. The van der Waals surface area contributed by atoms with Gasteiger partial charge in [-0.1, -0.05) is 6.58 Å². The Morgan fingerprint density at radius 1 is 1.11 bits per heavy atom. The van der Waals surface area contributed by atoms with Gasteiger partial charge in [0.2, 0.25) is 5.95 Å². The number of fused-ring (bicyclic) bond motifs is 2. The van der Waals surface area contributed by atoms with Gasteiger partial charge in [0.05, 0.1) is 25.9 Å². The predicted octanol–water partition coefficient (Wildman–Crippen LogP) is -1.90. The van der Waals surface area contributed by atoms with Crippen molar-refractivity contribution in [2.45, 2.75) is 43.0 Å². The van der Waals surface area contributed by atoms with E-state index in [1.165, 1.54) is 15.5 Å². The number of aromatic nitrogens is 8. The Balaban J connectivity index is 1.23. The third kappa shape index (κ3) is 5.77. The molecule has 45 heavy (non-hydrogen) atoms. The fourth-order valence-corrected chi connectivity index (χ4v) is 6.50. The van der Waals surface area contributed by atoms with Crippen molar-refractivity contribution in [3.8, 4) is 0 Å². The molecule has 24 heteroatoms. The van der Waals surface area contributed by atoms with E-state index in [9.17, 15) is 33.9 Å². The van der Waals surface area contributed by atoms with Gasteiger partial charge in [0.1, 0.15) is 42.4 Å². The van der Waals surface area contributed by atoms with Crippen LogP contribution >= 0.6 is 16.1 Å². The van der Waals surface area contributed by atoms with Crippen molar-refractivity contribution >= 4 is 50.2 Å². The molecule has 9 N–H and O–H groups in total. The van der Waals surface area contributed by atoms with Gasteiger partial charge in [0.15, 0.2) is 35.1 Å². The Morgan fingerprint density at radius 3 is 2.53 bits per heavy atom. The number of phosphoric ester groups is 1. The number of nitrogens with one attached hydrogen (secondary N) is 1. The van der Waals surface area contributed by atoms with Crippen LogP contribution in [0.4, 0.5) is 11.8 Å². The lowest BCUT2D eigenvalue weighted by molar-refractivity contribution is -0.0608. The molecule has 0 saturated carbocycles. The Hall–Kier alpha value is -3.66. The number of aromatic amines is 1. The standard InChI is InChI=1S/C21H26N10O12P2/c1-7-8(2-32)40-20(31-6-27-11-17(31)28-21(23)29-18(11)34)13(7)43-45(37,38)39-3-9-14(42-44(35)36)12(33)19(41-9)30-5-26-10-15(22)24-4-25-16(10)30/h4-6,8-9,12-14,19-20,32-33,44H,1-3H2,(H,35,36)(H,37,38)(H2,22,24,25)(H3,23,28,29,34)/t8-,9-,12-,13-,14-,19-,20-/m1/s1. The van der Waals surface area contributed by atoms with E-state index in [1.54, 1.807) is 0 Å². The summed E-state index contributed by atoms with van der Waals surface area (Å²) in [7, 11) is -8.71. The summed E-state index contributed by atoms with van der Waals surface area (Å²) in [6, 6.07) is 0. The molecule has 2 aliphatic heterocycles. The maximum atomic E-state index is 13.2. The minimum Gasteiger partial charge on any atom is -0.393 e. The van der Waals surface area contributed by atoms with Crippen LogP contribution in [0.5, 0.6) is 0 Å². The molecular formula is C21H26N10O12P2. The number of nitrogen functional groups attached to an aromatic ring is 2. The van der Waals surface area contributed by atoms with Crippen LogP contribution in [-0.4, -0.2) is 103 Å². The second-order valence-electron chi connectivity index (χ2n) is 9.83. The van der Waals surface area contributed by atoms with Crippen LogP contribution in [0.1, 0.15) is 12.5 Å². The first kappa shape index (κ1) is 31.3. The van der Waals surface area contributed by atoms with E-state index in [1.807, 2.05) is 0 Å². The number of aliphatic hydroxyl groups is 2. The minimum atomic E-state index is -5.07. The van der Waals surface area contributed by atoms with E-state index in [0.717, 1.165) is 12.7 Å². The van der Waals surface area contributed by atoms with Gasteiger partial charge in [-0.25, -0.2) is 24.5 Å². The van der Waals surface area contributed by atoms with E-state index in [-0.39, 0.29) is 39.7 Å². The number of phosphoric acid groups is 1. The molecule has 0 aromatic carbocycles. The molecule has 6 rings (SSSR count). The van der Waals surface area contributed by atoms with E-state index >= 15 is 0 Å². The molecule has 0 bridgehead atoms. The third-order valence-corrected chi connectivity index (χ3v) is 8.53. The van der Waals surface area contributed by atoms with Gasteiger partial charge in [-0.3, -0.25) is 32.5 Å². The van der Waals surface area contributed by atoms with Crippen LogP contribution in [0, 0.1) is 0 Å². The lowest BCUT2D eigenvalue weighted by atomic mass is 10.1. The molecule has 0 radical (unpaired) electrons. The summed E-state index contributed by atoms with van der Waals surface area (Å²) >= 11 is 0. The number of ether oxygens (including phenoxy) is 2. The Kier molecular flexibility index (Phi) is 8.31. The fraction of sp³-hybridized carbons (Fsp3) is 0.429. The number of nitrogens with zero attached hydrogens (tertiary/aromatic N) is 7. The minimum absolute atomic E-state index is 0.0426. The SMILES string of the molecule is C=C1[C@@H](OP(=O)(O)OC[C@H]2O[C@@H](n3cnc4c(N)ncnc43)[C@H](O)[C@@H]2O[PH](=O)O)[C@H](n2cnc3c(=O)[nH]c(N)nc32)O[C@@H]1CO. The first-order chi connectivity index (χ1) is 21.4. The van der Waals surface area contributed by atoms with Crippen molar-refractivity contribution in [2.24, 2.45) is 0 Å². The molecule has 9 atom stereocenters. The normalized spacial score (nSPS) is 29.1. The molecule has 242 valence electrons. The molecule has 4 aromatic rings. The average molecular weight is 672 g/mol. The summed E-state index contributed by atoms with van der Waals surface area (Å²) in [6.45, 7) is 2.43. The van der Waals surface area contributed by atoms with Gasteiger partial charge in [-0.2, -0.15) is 4.98 Å². The van der Waals surface area contributed by atoms with Crippen molar-refractivity contribution in [2.75, 3.05) is 24.7 Å². The van der Waals surface area contributed by atoms with Crippen LogP contribution in [-0.2, 0) is 32.2 Å². The molecule has 22 nitrogen and oxygen atoms in total. The fourth-order valence-electron chi connectivity index (χ4n) is 5.06. The predicted molar refractivity (Wildman–Crippen MR) is 149 cm³/mol. The number of aliphatic hydroxyl groups excluding tert-OH is 2. The lowest BCUT2D eigenvalue weighted by Gasteiger charge is -2.24. The van der Waals surface area contributed by atoms with E-state index < -0.39 is 77.8 Å². The average Bonchev–Trinajstić information content (AvgIpc) is 3.73. The van der Waals surface area contributed by atoms with Crippen LogP contribution in [0.25, 0.3) is 22.3 Å². The molecule has 2 unspecified atom stereocenters. The zero-order valence-electron chi connectivity index (χ0n) is 22.7. The van der Waals surface area contributed by atoms with Gasteiger partial charge < -0.3 is 45.5 Å². The van der Waals surface area contributed by atoms with Crippen LogP contribution < -0.4 is 17.0 Å². The van der Waals surface area contributed by atoms with Crippen molar-refractivity contribution in [1.29, 1.82) is 0 Å². The molecule has 2 fully saturated rings. The summed E-state index contributed by atoms with van der Waals surface area (Å²) in [5, 5.41) is 20.7. The number of imidazole rings is 2.